The lowest BCUT2D eigenvalue weighted by Crippen LogP contribution is -2.02. The van der Waals surface area contributed by atoms with Gasteiger partial charge in [0.25, 0.3) is 5.69 Å². The van der Waals surface area contributed by atoms with Gasteiger partial charge in [-0.05, 0) is 6.07 Å². The molecule has 15 heavy (non-hydrogen) atoms. The number of nitrogens with zero attached hydrogens (tertiary/aromatic N) is 3. The van der Waals surface area contributed by atoms with Gasteiger partial charge in [-0.2, -0.15) is 5.10 Å². The minimum absolute atomic E-state index is 0.000365. The lowest BCUT2D eigenvalue weighted by atomic mass is 10.2. The largest absolute Gasteiger partial charge is 0.303 e. The monoisotopic (exact) mass is 227 g/mol. The highest BCUT2D eigenvalue weighted by Crippen LogP contribution is 2.20. The van der Waals surface area contributed by atoms with Crippen LogP contribution in [0.2, 0.25) is 5.02 Å². The topological polar surface area (TPSA) is 58.7 Å². The van der Waals surface area contributed by atoms with Crippen LogP contribution in [0.3, 0.4) is 0 Å². The fourth-order valence-electron chi connectivity index (χ4n) is 0.921. The molecule has 1 aromatic rings. The Kier molecular flexibility index (Phi) is 3.62. The first-order valence-electron chi connectivity index (χ1n) is 4.16. The van der Waals surface area contributed by atoms with Crippen molar-refractivity contribution in [1.82, 2.24) is 5.01 Å². The lowest BCUT2D eigenvalue weighted by molar-refractivity contribution is -0.384. The van der Waals surface area contributed by atoms with E-state index in [0.717, 1.165) is 0 Å². The predicted molar refractivity (Wildman–Crippen MR) is 59.4 cm³/mol. The minimum atomic E-state index is -0.469. The molecule has 0 aromatic heterocycles. The van der Waals surface area contributed by atoms with Crippen molar-refractivity contribution in [2.45, 2.75) is 0 Å². The molecule has 0 aliphatic rings. The maximum absolute atomic E-state index is 10.5. The zero-order valence-corrected chi connectivity index (χ0v) is 9.10. The average Bonchev–Trinajstić information content (AvgIpc) is 2.16. The fourth-order valence-corrected chi connectivity index (χ4v) is 1.09. The number of hydrazone groups is 1. The highest BCUT2D eigenvalue weighted by atomic mass is 35.5. The van der Waals surface area contributed by atoms with Gasteiger partial charge in [-0.25, -0.2) is 0 Å². The van der Waals surface area contributed by atoms with Gasteiger partial charge in [-0.1, -0.05) is 11.6 Å². The van der Waals surface area contributed by atoms with Crippen molar-refractivity contribution in [3.63, 3.8) is 0 Å². The molecular formula is C9H10ClN3O2. The Morgan fingerprint density at radius 1 is 1.53 bits per heavy atom. The molecule has 1 rings (SSSR count). The first-order chi connectivity index (χ1) is 7.00. The van der Waals surface area contributed by atoms with Crippen molar-refractivity contribution in [3.8, 4) is 0 Å². The van der Waals surface area contributed by atoms with Crippen LogP contribution < -0.4 is 0 Å². The third-order valence-corrected chi connectivity index (χ3v) is 1.96. The number of non-ortho nitro benzene ring substituents is 1. The number of benzene rings is 1. The molecule has 0 N–H and O–H groups in total. The number of nitro benzene ring substituents is 1. The van der Waals surface area contributed by atoms with Crippen LogP contribution in [0, 0.1) is 10.1 Å². The Balaban J connectivity index is 3.05. The van der Waals surface area contributed by atoms with Gasteiger partial charge in [-0.15, -0.1) is 0 Å². The third-order valence-electron chi connectivity index (χ3n) is 1.62. The third kappa shape index (κ3) is 3.21. The summed E-state index contributed by atoms with van der Waals surface area (Å²) in [6.45, 7) is 0. The summed E-state index contributed by atoms with van der Waals surface area (Å²) in [7, 11) is 3.50. The molecule has 6 heteroatoms. The van der Waals surface area contributed by atoms with E-state index in [0.29, 0.717) is 10.6 Å². The van der Waals surface area contributed by atoms with Crippen molar-refractivity contribution in [3.05, 3.63) is 38.9 Å². The fraction of sp³-hybridized carbons (Fsp3) is 0.222. The minimum Gasteiger partial charge on any atom is -0.303 e. The maximum atomic E-state index is 10.5. The highest BCUT2D eigenvalue weighted by molar-refractivity contribution is 6.33. The zero-order valence-electron chi connectivity index (χ0n) is 8.35. The molecule has 0 unspecified atom stereocenters. The van der Waals surface area contributed by atoms with Gasteiger partial charge >= 0.3 is 0 Å². The SMILES string of the molecule is CN(C)/N=C/c1cc([N+](=O)[O-])ccc1Cl. The summed E-state index contributed by atoms with van der Waals surface area (Å²) in [5, 5.41) is 16.5. The van der Waals surface area contributed by atoms with E-state index in [4.69, 9.17) is 11.6 Å². The molecule has 1 aromatic carbocycles. The van der Waals surface area contributed by atoms with Crippen molar-refractivity contribution in [2.24, 2.45) is 5.10 Å². The summed E-state index contributed by atoms with van der Waals surface area (Å²) in [6, 6.07) is 4.22. The molecule has 0 heterocycles. The lowest BCUT2D eigenvalue weighted by Gasteiger charge is -2.03. The van der Waals surface area contributed by atoms with E-state index in [-0.39, 0.29) is 5.69 Å². The molecule has 0 fully saturated rings. The molecule has 0 spiro atoms. The molecule has 80 valence electrons. The Hall–Kier alpha value is -1.62. The van der Waals surface area contributed by atoms with Gasteiger partial charge in [0.1, 0.15) is 0 Å². The second-order valence-electron chi connectivity index (χ2n) is 3.05. The molecule has 0 aliphatic heterocycles. The number of halogens is 1. The van der Waals surface area contributed by atoms with E-state index in [9.17, 15) is 10.1 Å². The van der Waals surface area contributed by atoms with Crippen LogP contribution in [0.25, 0.3) is 0 Å². The van der Waals surface area contributed by atoms with E-state index in [1.54, 1.807) is 19.1 Å². The number of rotatable bonds is 3. The van der Waals surface area contributed by atoms with Crippen molar-refractivity contribution in [2.75, 3.05) is 14.1 Å². The summed E-state index contributed by atoms with van der Waals surface area (Å²) < 4.78 is 0. The second-order valence-corrected chi connectivity index (χ2v) is 3.46. The second kappa shape index (κ2) is 4.75. The highest BCUT2D eigenvalue weighted by Gasteiger charge is 2.07. The van der Waals surface area contributed by atoms with Gasteiger partial charge < -0.3 is 5.01 Å². The molecule has 5 nitrogen and oxygen atoms in total. The van der Waals surface area contributed by atoms with Crippen LogP contribution in [-0.4, -0.2) is 30.2 Å². The van der Waals surface area contributed by atoms with Gasteiger partial charge in [0.05, 0.1) is 11.1 Å². The van der Waals surface area contributed by atoms with Crippen molar-refractivity contribution in [1.29, 1.82) is 0 Å². The number of hydrogen-bond donors (Lipinski definition) is 0. The van der Waals surface area contributed by atoms with E-state index < -0.39 is 4.92 Å². The van der Waals surface area contributed by atoms with Crippen LogP contribution >= 0.6 is 11.6 Å². The van der Waals surface area contributed by atoms with Crippen LogP contribution in [-0.2, 0) is 0 Å². The van der Waals surface area contributed by atoms with Crippen molar-refractivity contribution < 1.29 is 4.92 Å². The standard InChI is InChI=1S/C9H10ClN3O2/c1-12(2)11-6-7-5-8(13(14)15)3-4-9(7)10/h3-6H,1-2H3/b11-6+. The molecule has 0 amide bonds. The van der Waals surface area contributed by atoms with Gasteiger partial charge in [-0.3, -0.25) is 10.1 Å². The molecule has 0 atom stereocenters. The summed E-state index contributed by atoms with van der Waals surface area (Å²) in [4.78, 5) is 10.0. The maximum Gasteiger partial charge on any atom is 0.270 e. The van der Waals surface area contributed by atoms with E-state index in [2.05, 4.69) is 5.10 Å². The first kappa shape index (κ1) is 11.5. The van der Waals surface area contributed by atoms with E-state index >= 15 is 0 Å². The molecule has 0 saturated heterocycles. The number of nitro groups is 1. The average molecular weight is 228 g/mol. The summed E-state index contributed by atoms with van der Waals surface area (Å²) >= 11 is 5.85. The zero-order chi connectivity index (χ0) is 11.4. The Morgan fingerprint density at radius 2 is 2.20 bits per heavy atom. The molecular weight excluding hydrogens is 218 g/mol. The molecule has 0 saturated carbocycles. The summed E-state index contributed by atoms with van der Waals surface area (Å²) in [6.07, 6.45) is 1.48. The van der Waals surface area contributed by atoms with Gasteiger partial charge in [0.2, 0.25) is 0 Å². The smallest absolute Gasteiger partial charge is 0.270 e. The predicted octanol–water partition coefficient (Wildman–Crippen LogP) is 2.14. The van der Waals surface area contributed by atoms with Gasteiger partial charge in [0, 0.05) is 36.8 Å². The molecule has 0 aliphatic carbocycles. The Morgan fingerprint density at radius 3 is 2.73 bits per heavy atom. The summed E-state index contributed by atoms with van der Waals surface area (Å²) in [5.74, 6) is 0. The first-order valence-corrected chi connectivity index (χ1v) is 4.54. The van der Waals surface area contributed by atoms with Crippen molar-refractivity contribution >= 4 is 23.5 Å². The Labute approximate surface area is 92.1 Å². The van der Waals surface area contributed by atoms with E-state index in [1.807, 2.05) is 0 Å². The van der Waals surface area contributed by atoms with Crippen LogP contribution in [0.5, 0.6) is 0 Å². The molecule has 0 bridgehead atoms. The quantitative estimate of drug-likeness (QED) is 0.452. The van der Waals surface area contributed by atoms with Crippen LogP contribution in [0.15, 0.2) is 23.3 Å². The molecule has 0 radical (unpaired) electrons. The normalized spacial score (nSPS) is 10.6. The van der Waals surface area contributed by atoms with Gasteiger partial charge in [0.15, 0.2) is 0 Å². The number of hydrogen-bond acceptors (Lipinski definition) is 4. The van der Waals surface area contributed by atoms with E-state index in [1.165, 1.54) is 24.4 Å². The Bertz CT molecular complexity index is 404. The van der Waals surface area contributed by atoms with Crippen LogP contribution in [0.1, 0.15) is 5.56 Å². The van der Waals surface area contributed by atoms with Crippen LogP contribution in [0.4, 0.5) is 5.69 Å². The summed E-state index contributed by atoms with van der Waals surface area (Å²) in [5.41, 5.74) is 0.527.